The molecule has 0 atom stereocenters. The van der Waals surface area contributed by atoms with Crippen LogP contribution in [-0.4, -0.2) is 16.1 Å². The van der Waals surface area contributed by atoms with Gasteiger partial charge in [0, 0.05) is 0 Å². The van der Waals surface area contributed by atoms with Crippen molar-refractivity contribution in [3.8, 4) is 5.75 Å². The zero-order chi connectivity index (χ0) is 19.3. The standard InChI is InChI=1S/C23H39NO/c1-20(2,3)17-14-18(21(4,5)6)16-19(15-17)25-24-22(7,8)12-11-13-23(24,9)10/h14-16H,11-13H2,1-10H3. The number of hydrogen-bond donors (Lipinski definition) is 0. The molecular formula is C23H39NO. The minimum absolute atomic E-state index is 0.0430. The van der Waals surface area contributed by atoms with Crippen molar-refractivity contribution in [3.63, 3.8) is 0 Å². The van der Waals surface area contributed by atoms with Crippen molar-refractivity contribution < 1.29 is 4.84 Å². The smallest absolute Gasteiger partial charge is 0.148 e. The van der Waals surface area contributed by atoms with E-state index < -0.39 is 0 Å². The number of hydroxylamine groups is 2. The Hall–Kier alpha value is -1.02. The first-order valence-electron chi connectivity index (χ1n) is 9.77. The monoisotopic (exact) mass is 345 g/mol. The highest BCUT2D eigenvalue weighted by atomic mass is 16.7. The minimum atomic E-state index is 0.0430. The van der Waals surface area contributed by atoms with E-state index in [0.29, 0.717) is 0 Å². The van der Waals surface area contributed by atoms with Gasteiger partial charge in [-0.2, -0.15) is 0 Å². The van der Waals surface area contributed by atoms with Gasteiger partial charge in [0.25, 0.3) is 0 Å². The SMILES string of the molecule is CC(C)(C)c1cc(ON2C(C)(C)CCCC2(C)C)cc(C(C)(C)C)c1. The summed E-state index contributed by atoms with van der Waals surface area (Å²) in [6.45, 7) is 22.8. The van der Waals surface area contributed by atoms with Gasteiger partial charge in [-0.15, -0.1) is 5.06 Å². The van der Waals surface area contributed by atoms with Crippen molar-refractivity contribution in [2.75, 3.05) is 0 Å². The second-order valence-electron chi connectivity index (χ2n) is 11.1. The topological polar surface area (TPSA) is 12.5 Å². The molecule has 1 fully saturated rings. The van der Waals surface area contributed by atoms with Gasteiger partial charge in [0.2, 0.25) is 0 Å². The molecule has 2 rings (SSSR count). The van der Waals surface area contributed by atoms with Gasteiger partial charge in [-0.05, 0) is 81.0 Å². The third-order valence-electron chi connectivity index (χ3n) is 5.51. The fourth-order valence-corrected chi connectivity index (χ4v) is 3.85. The average molecular weight is 346 g/mol. The summed E-state index contributed by atoms with van der Waals surface area (Å²) in [6, 6.07) is 6.81. The highest BCUT2D eigenvalue weighted by Gasteiger charge is 2.43. The largest absolute Gasteiger partial charge is 0.405 e. The molecule has 1 saturated heterocycles. The van der Waals surface area contributed by atoms with Crippen LogP contribution in [0.5, 0.6) is 5.75 Å². The van der Waals surface area contributed by atoms with E-state index in [0.717, 1.165) is 5.75 Å². The van der Waals surface area contributed by atoms with E-state index in [4.69, 9.17) is 4.84 Å². The second kappa shape index (κ2) is 6.30. The van der Waals surface area contributed by atoms with Crippen molar-refractivity contribution in [1.29, 1.82) is 0 Å². The Bertz CT molecular complexity index is 566. The molecule has 0 spiro atoms. The molecule has 2 nitrogen and oxygen atoms in total. The maximum Gasteiger partial charge on any atom is 0.148 e. The van der Waals surface area contributed by atoms with Gasteiger partial charge in [0.05, 0.1) is 11.1 Å². The third kappa shape index (κ3) is 4.58. The van der Waals surface area contributed by atoms with Crippen LogP contribution in [0.1, 0.15) is 99.6 Å². The van der Waals surface area contributed by atoms with Crippen LogP contribution in [0.3, 0.4) is 0 Å². The number of rotatable bonds is 2. The van der Waals surface area contributed by atoms with Crippen LogP contribution >= 0.6 is 0 Å². The summed E-state index contributed by atoms with van der Waals surface area (Å²) < 4.78 is 0. The zero-order valence-electron chi connectivity index (χ0n) is 18.2. The molecule has 1 aliphatic rings. The van der Waals surface area contributed by atoms with Crippen LogP contribution in [0, 0.1) is 0 Å². The maximum atomic E-state index is 6.59. The fraction of sp³-hybridized carbons (Fsp3) is 0.739. The fourth-order valence-electron chi connectivity index (χ4n) is 3.85. The highest BCUT2D eigenvalue weighted by molar-refractivity contribution is 5.40. The minimum Gasteiger partial charge on any atom is -0.405 e. The Morgan fingerprint density at radius 2 is 1.16 bits per heavy atom. The summed E-state index contributed by atoms with van der Waals surface area (Å²) in [6.07, 6.45) is 3.60. The van der Waals surface area contributed by atoms with E-state index in [1.165, 1.54) is 30.4 Å². The summed E-state index contributed by atoms with van der Waals surface area (Å²) in [7, 11) is 0. The molecular weight excluding hydrogens is 306 g/mol. The number of nitrogens with zero attached hydrogens (tertiary/aromatic N) is 1. The average Bonchev–Trinajstić information content (AvgIpc) is 2.40. The van der Waals surface area contributed by atoms with Crippen LogP contribution in [0.2, 0.25) is 0 Å². The summed E-state index contributed by atoms with van der Waals surface area (Å²) in [4.78, 5) is 6.59. The van der Waals surface area contributed by atoms with Crippen LogP contribution in [-0.2, 0) is 10.8 Å². The summed E-state index contributed by atoms with van der Waals surface area (Å²) >= 11 is 0. The van der Waals surface area contributed by atoms with Crippen LogP contribution < -0.4 is 4.84 Å². The summed E-state index contributed by atoms with van der Waals surface area (Å²) in [5.41, 5.74) is 2.96. The quantitative estimate of drug-likeness (QED) is 0.597. The molecule has 1 aliphatic heterocycles. The van der Waals surface area contributed by atoms with Gasteiger partial charge in [-0.3, -0.25) is 0 Å². The first-order valence-corrected chi connectivity index (χ1v) is 9.77. The molecule has 0 radical (unpaired) electrons. The lowest BCUT2D eigenvalue weighted by Crippen LogP contribution is -2.59. The first kappa shape index (κ1) is 20.3. The van der Waals surface area contributed by atoms with Gasteiger partial charge in [-0.1, -0.05) is 47.6 Å². The van der Waals surface area contributed by atoms with E-state index in [9.17, 15) is 0 Å². The third-order valence-corrected chi connectivity index (χ3v) is 5.51. The maximum absolute atomic E-state index is 6.59. The van der Waals surface area contributed by atoms with Crippen molar-refractivity contribution in [3.05, 3.63) is 29.3 Å². The van der Waals surface area contributed by atoms with E-state index >= 15 is 0 Å². The Balaban J connectivity index is 2.47. The summed E-state index contributed by atoms with van der Waals surface area (Å²) in [5, 5.41) is 2.25. The van der Waals surface area contributed by atoms with Crippen LogP contribution in [0.4, 0.5) is 0 Å². The second-order valence-corrected chi connectivity index (χ2v) is 11.1. The Morgan fingerprint density at radius 1 is 0.760 bits per heavy atom. The molecule has 0 unspecified atom stereocenters. The van der Waals surface area contributed by atoms with Crippen LogP contribution in [0.25, 0.3) is 0 Å². The van der Waals surface area contributed by atoms with E-state index in [1.807, 2.05) is 0 Å². The molecule has 0 bridgehead atoms. The lowest BCUT2D eigenvalue weighted by molar-refractivity contribution is -0.216. The molecule has 1 aromatic carbocycles. The van der Waals surface area contributed by atoms with E-state index in [2.05, 4.69) is 92.5 Å². The predicted molar refractivity (Wildman–Crippen MR) is 108 cm³/mol. The predicted octanol–water partition coefficient (Wildman–Crippen LogP) is 6.62. The Morgan fingerprint density at radius 3 is 1.52 bits per heavy atom. The van der Waals surface area contributed by atoms with Gasteiger partial charge in [-0.25, -0.2) is 0 Å². The van der Waals surface area contributed by atoms with Crippen molar-refractivity contribution in [1.82, 2.24) is 5.06 Å². The lowest BCUT2D eigenvalue weighted by Gasteiger charge is -2.51. The molecule has 0 aliphatic carbocycles. The number of hydrogen-bond acceptors (Lipinski definition) is 2. The molecule has 142 valence electrons. The number of piperidine rings is 1. The molecule has 25 heavy (non-hydrogen) atoms. The van der Waals surface area contributed by atoms with Gasteiger partial charge in [0.15, 0.2) is 0 Å². The Labute approximate surface area is 155 Å². The van der Waals surface area contributed by atoms with E-state index in [1.54, 1.807) is 0 Å². The molecule has 0 amide bonds. The molecule has 1 aromatic rings. The lowest BCUT2D eigenvalue weighted by atomic mass is 9.80. The zero-order valence-corrected chi connectivity index (χ0v) is 18.2. The van der Waals surface area contributed by atoms with E-state index in [-0.39, 0.29) is 21.9 Å². The van der Waals surface area contributed by atoms with Gasteiger partial charge in [0.1, 0.15) is 5.75 Å². The normalized spacial score (nSPS) is 21.2. The molecule has 0 saturated carbocycles. The number of benzene rings is 1. The Kier molecular flexibility index (Phi) is 5.11. The highest BCUT2D eigenvalue weighted by Crippen LogP contribution is 2.40. The van der Waals surface area contributed by atoms with Crippen molar-refractivity contribution in [2.24, 2.45) is 0 Å². The molecule has 0 aromatic heterocycles. The molecule has 0 N–H and O–H groups in total. The first-order chi connectivity index (χ1) is 11.1. The molecule has 1 heterocycles. The van der Waals surface area contributed by atoms with Crippen LogP contribution in [0.15, 0.2) is 18.2 Å². The summed E-state index contributed by atoms with van der Waals surface area (Å²) in [5.74, 6) is 0.973. The molecule has 2 heteroatoms. The van der Waals surface area contributed by atoms with Crippen molar-refractivity contribution >= 4 is 0 Å². The van der Waals surface area contributed by atoms with Gasteiger partial charge >= 0.3 is 0 Å². The van der Waals surface area contributed by atoms with Gasteiger partial charge < -0.3 is 4.84 Å². The van der Waals surface area contributed by atoms with Crippen molar-refractivity contribution in [2.45, 2.75) is 110 Å².